The van der Waals surface area contributed by atoms with E-state index in [0.29, 0.717) is 18.4 Å². The third kappa shape index (κ3) is 1.93. The van der Waals surface area contributed by atoms with E-state index in [0.717, 1.165) is 30.0 Å². The van der Waals surface area contributed by atoms with Crippen LogP contribution in [0, 0.1) is 0 Å². The fraction of sp³-hybridized carbons (Fsp3) is 0.294. The van der Waals surface area contributed by atoms with E-state index in [4.69, 9.17) is 0 Å². The molecule has 1 aromatic rings. The summed E-state index contributed by atoms with van der Waals surface area (Å²) in [6.07, 6.45) is 5.59. The lowest BCUT2D eigenvalue weighted by Gasteiger charge is -2.43. The van der Waals surface area contributed by atoms with E-state index in [1.54, 1.807) is 6.20 Å². The summed E-state index contributed by atoms with van der Waals surface area (Å²) < 4.78 is 0. The minimum Gasteiger partial charge on any atom is -0.367 e. The molecule has 1 aromatic carbocycles. The Morgan fingerprint density at radius 2 is 2.09 bits per heavy atom. The highest BCUT2D eigenvalue weighted by atomic mass is 16.2. The van der Waals surface area contributed by atoms with Crippen molar-refractivity contribution in [2.45, 2.75) is 25.8 Å². The van der Waals surface area contributed by atoms with Crippen LogP contribution in [0.15, 0.2) is 59.1 Å². The Morgan fingerprint density at radius 3 is 2.91 bits per heavy atom. The van der Waals surface area contributed by atoms with Crippen molar-refractivity contribution in [3.05, 3.63) is 54.1 Å². The van der Waals surface area contributed by atoms with Crippen molar-refractivity contribution < 1.29 is 4.79 Å². The maximum absolute atomic E-state index is 13.0. The van der Waals surface area contributed by atoms with Crippen LogP contribution in [-0.2, 0) is 4.79 Å². The highest BCUT2D eigenvalue weighted by Crippen LogP contribution is 2.33. The van der Waals surface area contributed by atoms with Crippen LogP contribution < -0.4 is 10.2 Å². The Labute approximate surface area is 129 Å². The predicted molar refractivity (Wildman–Crippen MR) is 86.1 cm³/mol. The number of allylic oxidation sites excluding steroid dienone is 1. The van der Waals surface area contributed by atoms with Gasteiger partial charge in [0.1, 0.15) is 5.82 Å². The summed E-state index contributed by atoms with van der Waals surface area (Å²) >= 11 is 0. The summed E-state index contributed by atoms with van der Waals surface area (Å²) in [4.78, 5) is 21.1. The summed E-state index contributed by atoms with van der Waals surface area (Å²) in [6.45, 7) is 2.86. The Bertz CT molecular complexity index is 705. The molecule has 0 fully saturated rings. The molecule has 112 valence electrons. The molecule has 1 amide bonds. The van der Waals surface area contributed by atoms with Crippen LogP contribution in [0.5, 0.6) is 0 Å². The van der Waals surface area contributed by atoms with Crippen LogP contribution in [0.4, 0.5) is 5.69 Å². The fourth-order valence-corrected chi connectivity index (χ4v) is 3.18. The van der Waals surface area contributed by atoms with Gasteiger partial charge in [0.15, 0.2) is 0 Å². The number of amidine groups is 1. The molecule has 1 N–H and O–H groups in total. The number of hydrogen-bond acceptors (Lipinski definition) is 4. The Balaban J connectivity index is 1.88. The van der Waals surface area contributed by atoms with Crippen molar-refractivity contribution >= 4 is 17.4 Å². The van der Waals surface area contributed by atoms with E-state index in [1.165, 1.54) is 0 Å². The highest BCUT2D eigenvalue weighted by Gasteiger charge is 2.40. The quantitative estimate of drug-likeness (QED) is 0.864. The molecule has 0 radical (unpaired) electrons. The molecular formula is C17H18N4O. The van der Waals surface area contributed by atoms with E-state index in [1.807, 2.05) is 46.2 Å². The zero-order valence-corrected chi connectivity index (χ0v) is 12.5. The second kappa shape index (κ2) is 5.02. The molecule has 0 aromatic heterocycles. The number of para-hydroxylation sites is 1. The summed E-state index contributed by atoms with van der Waals surface area (Å²) in [6, 6.07) is 10.2. The third-order valence-corrected chi connectivity index (χ3v) is 4.27. The van der Waals surface area contributed by atoms with Crippen molar-refractivity contribution in [3.8, 4) is 0 Å². The molecule has 0 saturated heterocycles. The molecular weight excluding hydrogens is 276 g/mol. The topological polar surface area (TPSA) is 47.9 Å². The summed E-state index contributed by atoms with van der Waals surface area (Å²) in [5, 5.41) is 3.53. The first kappa shape index (κ1) is 13.1. The van der Waals surface area contributed by atoms with Crippen molar-refractivity contribution in [2.75, 3.05) is 11.4 Å². The van der Waals surface area contributed by atoms with E-state index in [2.05, 4.69) is 17.2 Å². The summed E-state index contributed by atoms with van der Waals surface area (Å²) in [5.74, 6) is 1.46. The van der Waals surface area contributed by atoms with Crippen LogP contribution in [0.1, 0.15) is 19.8 Å². The van der Waals surface area contributed by atoms with E-state index in [-0.39, 0.29) is 5.91 Å². The molecule has 5 heteroatoms. The van der Waals surface area contributed by atoms with Crippen LogP contribution in [-0.4, -0.2) is 29.2 Å². The molecule has 5 nitrogen and oxygen atoms in total. The number of aliphatic imine (C=N–C) groups is 1. The number of amides is 1. The molecule has 1 unspecified atom stereocenters. The first-order valence-electron chi connectivity index (χ1n) is 7.65. The molecule has 22 heavy (non-hydrogen) atoms. The lowest BCUT2D eigenvalue weighted by Crippen LogP contribution is -2.56. The average Bonchev–Trinajstić information content (AvgIpc) is 2.57. The monoisotopic (exact) mass is 294 g/mol. The van der Waals surface area contributed by atoms with E-state index in [9.17, 15) is 4.79 Å². The average molecular weight is 294 g/mol. The lowest BCUT2D eigenvalue weighted by atomic mass is 10.0. The molecule has 3 heterocycles. The third-order valence-electron chi connectivity index (χ3n) is 4.27. The summed E-state index contributed by atoms with van der Waals surface area (Å²) in [7, 11) is 0. The molecule has 1 atom stereocenters. The molecule has 0 aliphatic carbocycles. The van der Waals surface area contributed by atoms with Gasteiger partial charge < -0.3 is 10.2 Å². The second-order valence-corrected chi connectivity index (χ2v) is 5.80. The smallest absolute Gasteiger partial charge is 0.298 e. The number of carbonyl (C=O) groups excluding carboxylic acids is 1. The van der Waals surface area contributed by atoms with Gasteiger partial charge in [0.2, 0.25) is 5.84 Å². The number of nitrogens with zero attached hydrogens (tertiary/aromatic N) is 3. The van der Waals surface area contributed by atoms with Gasteiger partial charge in [-0.2, -0.15) is 0 Å². The number of hydrogen-bond donors (Lipinski definition) is 1. The summed E-state index contributed by atoms with van der Waals surface area (Å²) in [5.41, 5.74) is 1.94. The molecule has 3 aliphatic rings. The van der Waals surface area contributed by atoms with Gasteiger partial charge in [0.25, 0.3) is 5.91 Å². The van der Waals surface area contributed by atoms with Crippen LogP contribution >= 0.6 is 0 Å². The van der Waals surface area contributed by atoms with Crippen LogP contribution in [0.25, 0.3) is 0 Å². The lowest BCUT2D eigenvalue weighted by molar-refractivity contribution is -0.113. The predicted octanol–water partition coefficient (Wildman–Crippen LogP) is 2.20. The van der Waals surface area contributed by atoms with Gasteiger partial charge in [-0.15, -0.1) is 0 Å². The Kier molecular flexibility index (Phi) is 2.99. The van der Waals surface area contributed by atoms with Gasteiger partial charge in [0, 0.05) is 24.5 Å². The number of benzene rings is 1. The Morgan fingerprint density at radius 1 is 1.27 bits per heavy atom. The maximum Gasteiger partial charge on any atom is 0.298 e. The first-order valence-corrected chi connectivity index (χ1v) is 7.65. The maximum atomic E-state index is 13.0. The number of rotatable bonds is 1. The standard InChI is InChI=1S/C17H18N4O/c1-12-8-9-14-15(19-12)20-11-5-10-18-16(20)17(22)21(14)13-6-3-2-4-7-13/h2-7,10,12,19H,8-9,11H2,1H3. The van der Waals surface area contributed by atoms with Gasteiger partial charge in [-0.3, -0.25) is 9.69 Å². The zero-order valence-electron chi connectivity index (χ0n) is 12.5. The van der Waals surface area contributed by atoms with Gasteiger partial charge in [0.05, 0.1) is 5.70 Å². The number of carbonyl (C=O) groups is 1. The fourth-order valence-electron chi connectivity index (χ4n) is 3.18. The van der Waals surface area contributed by atoms with Crippen molar-refractivity contribution in [3.63, 3.8) is 0 Å². The van der Waals surface area contributed by atoms with Crippen molar-refractivity contribution in [2.24, 2.45) is 4.99 Å². The van der Waals surface area contributed by atoms with E-state index < -0.39 is 0 Å². The minimum atomic E-state index is -0.0503. The SMILES string of the molecule is CC1CCC2=C(N1)N1CC=CN=C1C(=O)N2c1ccccc1. The Hall–Kier alpha value is -2.56. The normalized spacial score (nSPS) is 23.8. The molecule has 4 rings (SSSR count). The second-order valence-electron chi connectivity index (χ2n) is 5.80. The zero-order chi connectivity index (χ0) is 15.1. The number of anilines is 1. The minimum absolute atomic E-state index is 0.0503. The molecule has 0 saturated carbocycles. The van der Waals surface area contributed by atoms with E-state index >= 15 is 0 Å². The van der Waals surface area contributed by atoms with Gasteiger partial charge in [-0.1, -0.05) is 18.2 Å². The van der Waals surface area contributed by atoms with Gasteiger partial charge in [-0.25, -0.2) is 4.99 Å². The molecule has 3 aliphatic heterocycles. The molecule has 0 spiro atoms. The largest absolute Gasteiger partial charge is 0.367 e. The van der Waals surface area contributed by atoms with Crippen molar-refractivity contribution in [1.29, 1.82) is 0 Å². The van der Waals surface area contributed by atoms with Crippen LogP contribution in [0.3, 0.4) is 0 Å². The highest BCUT2D eigenvalue weighted by molar-refractivity contribution is 6.44. The van der Waals surface area contributed by atoms with Crippen LogP contribution in [0.2, 0.25) is 0 Å². The molecule has 0 bridgehead atoms. The van der Waals surface area contributed by atoms with Gasteiger partial charge >= 0.3 is 0 Å². The number of nitrogens with one attached hydrogen (secondary N) is 1. The number of fused-ring (bicyclic) bond motifs is 2. The van der Waals surface area contributed by atoms with Gasteiger partial charge in [-0.05, 0) is 38.0 Å². The van der Waals surface area contributed by atoms with Crippen molar-refractivity contribution in [1.82, 2.24) is 10.2 Å². The first-order chi connectivity index (χ1) is 10.8.